The van der Waals surface area contributed by atoms with E-state index in [-0.39, 0.29) is 12.5 Å². The van der Waals surface area contributed by atoms with E-state index in [1.807, 2.05) is 72.8 Å². The molecule has 0 fully saturated rings. The fourth-order valence-electron chi connectivity index (χ4n) is 2.78. The second-order valence-corrected chi connectivity index (χ2v) is 6.50. The number of hydrogen-bond donors (Lipinski definition) is 2. The van der Waals surface area contributed by atoms with E-state index in [1.165, 1.54) is 5.56 Å². The van der Waals surface area contributed by atoms with Gasteiger partial charge in [-0.15, -0.1) is 0 Å². The highest BCUT2D eigenvalue weighted by Crippen LogP contribution is 2.17. The quantitative estimate of drug-likeness (QED) is 0.487. The maximum Gasteiger partial charge on any atom is 0.238 e. The van der Waals surface area contributed by atoms with E-state index in [4.69, 9.17) is 9.47 Å². The molecule has 0 aliphatic carbocycles. The van der Waals surface area contributed by atoms with Crippen LogP contribution in [0.4, 0.5) is 5.69 Å². The fraction of sp³-hybridized carbons (Fsp3) is 0.208. The molecule has 0 bridgehead atoms. The molecular weight excluding hydrogens is 364 g/mol. The Morgan fingerprint density at radius 1 is 0.759 bits per heavy atom. The van der Waals surface area contributed by atoms with E-state index < -0.39 is 0 Å². The van der Waals surface area contributed by atoms with Crippen molar-refractivity contribution < 1.29 is 14.3 Å². The van der Waals surface area contributed by atoms with Gasteiger partial charge in [-0.2, -0.15) is 0 Å². The van der Waals surface area contributed by atoms with Gasteiger partial charge < -0.3 is 20.1 Å². The van der Waals surface area contributed by atoms with E-state index in [0.29, 0.717) is 24.7 Å². The van der Waals surface area contributed by atoms with Gasteiger partial charge in [-0.3, -0.25) is 4.79 Å². The van der Waals surface area contributed by atoms with Crippen LogP contribution in [0.3, 0.4) is 0 Å². The van der Waals surface area contributed by atoms with Crippen LogP contribution >= 0.6 is 0 Å². The number of rotatable bonds is 11. The summed E-state index contributed by atoms with van der Waals surface area (Å²) in [6.07, 6.45) is 0.891. The first kappa shape index (κ1) is 20.4. The summed E-state index contributed by atoms with van der Waals surface area (Å²) >= 11 is 0. The molecule has 0 saturated carbocycles. The van der Waals surface area contributed by atoms with Crippen LogP contribution in [0.15, 0.2) is 84.9 Å². The summed E-state index contributed by atoms with van der Waals surface area (Å²) in [5.74, 6) is 1.43. The number of para-hydroxylation sites is 1. The third-order valence-electron chi connectivity index (χ3n) is 4.20. The van der Waals surface area contributed by atoms with Gasteiger partial charge in [0.05, 0.1) is 6.54 Å². The molecule has 5 nitrogen and oxygen atoms in total. The maximum atomic E-state index is 12.1. The number of ether oxygens (including phenoxy) is 2. The Balaban J connectivity index is 1.34. The summed E-state index contributed by atoms with van der Waals surface area (Å²) < 4.78 is 11.3. The maximum absolute atomic E-state index is 12.1. The minimum absolute atomic E-state index is 0.0809. The van der Waals surface area contributed by atoms with Crippen molar-refractivity contribution in [2.24, 2.45) is 0 Å². The topological polar surface area (TPSA) is 59.6 Å². The molecule has 5 heteroatoms. The normalized spacial score (nSPS) is 10.3. The van der Waals surface area contributed by atoms with Crippen molar-refractivity contribution in [3.05, 3.63) is 90.5 Å². The smallest absolute Gasteiger partial charge is 0.238 e. The molecule has 29 heavy (non-hydrogen) atoms. The zero-order chi connectivity index (χ0) is 20.2. The zero-order valence-electron chi connectivity index (χ0n) is 16.3. The number of carbonyl (C=O) groups is 1. The number of hydrogen-bond acceptors (Lipinski definition) is 4. The van der Waals surface area contributed by atoms with Gasteiger partial charge in [-0.05, 0) is 42.8 Å². The van der Waals surface area contributed by atoms with Gasteiger partial charge in [0.25, 0.3) is 0 Å². The highest BCUT2D eigenvalue weighted by Gasteiger charge is 2.03. The molecule has 0 unspecified atom stereocenters. The second kappa shape index (κ2) is 11.5. The predicted octanol–water partition coefficient (Wildman–Crippen LogP) is 3.92. The molecule has 0 saturated heterocycles. The molecule has 0 radical (unpaired) electrons. The average molecular weight is 390 g/mol. The molecule has 150 valence electrons. The lowest BCUT2D eigenvalue weighted by molar-refractivity contribution is -0.115. The minimum atomic E-state index is -0.0809. The molecule has 3 rings (SSSR count). The highest BCUT2D eigenvalue weighted by atomic mass is 16.5. The van der Waals surface area contributed by atoms with Gasteiger partial charge in [-0.25, -0.2) is 0 Å². The fourth-order valence-corrected chi connectivity index (χ4v) is 2.78. The van der Waals surface area contributed by atoms with Crippen LogP contribution in [-0.2, 0) is 11.2 Å². The van der Waals surface area contributed by atoms with E-state index >= 15 is 0 Å². The van der Waals surface area contributed by atoms with Gasteiger partial charge in [0.1, 0.15) is 24.7 Å². The number of nitrogens with one attached hydrogen (secondary N) is 2. The molecule has 2 N–H and O–H groups in total. The monoisotopic (exact) mass is 390 g/mol. The standard InChI is InChI=1S/C24H26N2O3/c27-24(19-25-15-14-20-8-3-1-4-9-20)26-21-10-7-13-23(18-21)29-17-16-28-22-11-5-2-6-12-22/h1-13,18,25H,14-17,19H2,(H,26,27). The Morgan fingerprint density at radius 3 is 2.17 bits per heavy atom. The molecule has 3 aromatic carbocycles. The van der Waals surface area contributed by atoms with Crippen LogP contribution in [-0.4, -0.2) is 32.2 Å². The first-order valence-electron chi connectivity index (χ1n) is 9.75. The Hall–Kier alpha value is -3.31. The first-order chi connectivity index (χ1) is 14.3. The average Bonchev–Trinajstić information content (AvgIpc) is 2.76. The Labute approximate surface area is 171 Å². The lowest BCUT2D eigenvalue weighted by atomic mass is 10.1. The van der Waals surface area contributed by atoms with Crippen molar-refractivity contribution in [2.75, 3.05) is 31.6 Å². The molecule has 0 aromatic heterocycles. The number of benzene rings is 3. The summed E-state index contributed by atoms with van der Waals surface area (Å²) in [6, 6.07) is 27.2. The Morgan fingerprint density at radius 2 is 1.41 bits per heavy atom. The van der Waals surface area contributed by atoms with Crippen LogP contribution in [0.1, 0.15) is 5.56 Å². The van der Waals surface area contributed by atoms with Crippen LogP contribution in [0, 0.1) is 0 Å². The van der Waals surface area contributed by atoms with Crippen molar-refractivity contribution in [3.8, 4) is 11.5 Å². The van der Waals surface area contributed by atoms with Crippen LogP contribution in [0.25, 0.3) is 0 Å². The van der Waals surface area contributed by atoms with Crippen molar-refractivity contribution in [1.82, 2.24) is 5.32 Å². The highest BCUT2D eigenvalue weighted by molar-refractivity contribution is 5.92. The van der Waals surface area contributed by atoms with Gasteiger partial charge in [0, 0.05) is 11.8 Å². The molecule has 0 heterocycles. The first-order valence-corrected chi connectivity index (χ1v) is 9.75. The second-order valence-electron chi connectivity index (χ2n) is 6.50. The number of anilines is 1. The van der Waals surface area contributed by atoms with Crippen molar-refractivity contribution in [3.63, 3.8) is 0 Å². The molecular formula is C24H26N2O3. The largest absolute Gasteiger partial charge is 0.490 e. The molecule has 0 aliphatic rings. The Bertz CT molecular complexity index is 870. The molecule has 1 amide bonds. The van der Waals surface area contributed by atoms with E-state index in [0.717, 1.165) is 18.7 Å². The zero-order valence-corrected chi connectivity index (χ0v) is 16.3. The minimum Gasteiger partial charge on any atom is -0.490 e. The van der Waals surface area contributed by atoms with Gasteiger partial charge >= 0.3 is 0 Å². The van der Waals surface area contributed by atoms with Crippen molar-refractivity contribution in [2.45, 2.75) is 6.42 Å². The van der Waals surface area contributed by atoms with Crippen molar-refractivity contribution in [1.29, 1.82) is 0 Å². The van der Waals surface area contributed by atoms with Gasteiger partial charge in [0.2, 0.25) is 5.91 Å². The summed E-state index contributed by atoms with van der Waals surface area (Å²) in [5.41, 5.74) is 1.96. The summed E-state index contributed by atoms with van der Waals surface area (Å²) in [4.78, 5) is 12.1. The van der Waals surface area contributed by atoms with Crippen molar-refractivity contribution >= 4 is 11.6 Å². The van der Waals surface area contributed by atoms with E-state index in [1.54, 1.807) is 0 Å². The molecule has 0 atom stereocenters. The van der Waals surface area contributed by atoms with Crippen LogP contribution < -0.4 is 20.1 Å². The van der Waals surface area contributed by atoms with E-state index in [9.17, 15) is 4.79 Å². The van der Waals surface area contributed by atoms with Crippen LogP contribution in [0.5, 0.6) is 11.5 Å². The Kier molecular flexibility index (Phi) is 8.11. The predicted molar refractivity (Wildman–Crippen MR) is 116 cm³/mol. The SMILES string of the molecule is O=C(CNCCc1ccccc1)Nc1cccc(OCCOc2ccccc2)c1. The summed E-state index contributed by atoms with van der Waals surface area (Å²) in [6.45, 7) is 1.89. The lowest BCUT2D eigenvalue weighted by Crippen LogP contribution is -2.29. The van der Waals surface area contributed by atoms with E-state index in [2.05, 4.69) is 22.8 Å². The molecule has 0 aliphatic heterocycles. The van der Waals surface area contributed by atoms with Crippen LogP contribution in [0.2, 0.25) is 0 Å². The van der Waals surface area contributed by atoms with Gasteiger partial charge in [-0.1, -0.05) is 54.6 Å². The summed E-state index contributed by atoms with van der Waals surface area (Å²) in [7, 11) is 0. The number of carbonyl (C=O) groups excluding carboxylic acids is 1. The third kappa shape index (κ3) is 7.68. The number of amides is 1. The van der Waals surface area contributed by atoms with Gasteiger partial charge in [0.15, 0.2) is 0 Å². The molecule has 0 spiro atoms. The molecule has 3 aromatic rings. The summed E-state index contributed by atoms with van der Waals surface area (Å²) in [5, 5.41) is 6.05. The third-order valence-corrected chi connectivity index (χ3v) is 4.20. The lowest BCUT2D eigenvalue weighted by Gasteiger charge is -2.10.